The summed E-state index contributed by atoms with van der Waals surface area (Å²) in [5, 5.41) is 3.98. The van der Waals surface area contributed by atoms with Crippen LogP contribution >= 0.6 is 11.6 Å². The SMILES string of the molecule is CCNCc1ncoc1-c1ccc(C)c(Cl)c1. The minimum atomic E-state index is 0.702. The lowest BCUT2D eigenvalue weighted by molar-refractivity contribution is 0.570. The van der Waals surface area contributed by atoms with Crippen LogP contribution in [0.4, 0.5) is 0 Å². The van der Waals surface area contributed by atoms with Crippen LogP contribution in [0.3, 0.4) is 0 Å². The zero-order valence-electron chi connectivity index (χ0n) is 9.96. The third-order valence-electron chi connectivity index (χ3n) is 2.62. The van der Waals surface area contributed by atoms with Gasteiger partial charge in [-0.3, -0.25) is 0 Å². The van der Waals surface area contributed by atoms with Gasteiger partial charge in [0.1, 0.15) is 5.69 Å². The number of benzene rings is 1. The third kappa shape index (κ3) is 2.68. The predicted octanol–water partition coefficient (Wildman–Crippen LogP) is 3.41. The Hall–Kier alpha value is -1.32. The van der Waals surface area contributed by atoms with E-state index in [9.17, 15) is 0 Å². The van der Waals surface area contributed by atoms with Crippen molar-refractivity contribution in [3.8, 4) is 11.3 Å². The minimum absolute atomic E-state index is 0.702. The van der Waals surface area contributed by atoms with Gasteiger partial charge in [-0.2, -0.15) is 0 Å². The lowest BCUT2D eigenvalue weighted by atomic mass is 10.1. The molecule has 0 unspecified atom stereocenters. The average molecular weight is 251 g/mol. The molecule has 1 aromatic carbocycles. The maximum absolute atomic E-state index is 6.11. The van der Waals surface area contributed by atoms with E-state index in [1.807, 2.05) is 25.1 Å². The summed E-state index contributed by atoms with van der Waals surface area (Å²) in [5.74, 6) is 0.785. The Kier molecular flexibility index (Phi) is 3.82. The van der Waals surface area contributed by atoms with E-state index < -0.39 is 0 Å². The Balaban J connectivity index is 2.32. The summed E-state index contributed by atoms with van der Waals surface area (Å²) in [6.07, 6.45) is 1.47. The topological polar surface area (TPSA) is 38.1 Å². The number of rotatable bonds is 4. The highest BCUT2D eigenvalue weighted by atomic mass is 35.5. The molecule has 0 radical (unpaired) electrons. The first kappa shape index (κ1) is 12.1. The summed E-state index contributed by atoms with van der Waals surface area (Å²) in [4.78, 5) is 4.21. The van der Waals surface area contributed by atoms with Gasteiger partial charge in [0.2, 0.25) is 0 Å². The molecule has 0 aliphatic carbocycles. The van der Waals surface area contributed by atoms with E-state index in [1.54, 1.807) is 0 Å². The molecule has 0 saturated carbocycles. The number of nitrogens with one attached hydrogen (secondary N) is 1. The summed E-state index contributed by atoms with van der Waals surface area (Å²) in [7, 11) is 0. The molecule has 3 nitrogen and oxygen atoms in total. The van der Waals surface area contributed by atoms with Gasteiger partial charge < -0.3 is 9.73 Å². The number of hydrogen-bond donors (Lipinski definition) is 1. The fraction of sp³-hybridized carbons (Fsp3) is 0.308. The maximum atomic E-state index is 6.11. The average Bonchev–Trinajstić information content (AvgIpc) is 2.78. The monoisotopic (exact) mass is 250 g/mol. The largest absolute Gasteiger partial charge is 0.443 e. The number of nitrogens with zero attached hydrogens (tertiary/aromatic N) is 1. The number of hydrogen-bond acceptors (Lipinski definition) is 3. The van der Waals surface area contributed by atoms with E-state index in [0.29, 0.717) is 6.54 Å². The molecule has 0 saturated heterocycles. The van der Waals surface area contributed by atoms with Gasteiger partial charge in [-0.1, -0.05) is 30.7 Å². The van der Waals surface area contributed by atoms with Crippen LogP contribution in [0, 0.1) is 6.92 Å². The zero-order chi connectivity index (χ0) is 12.3. The molecular formula is C13H15ClN2O. The molecule has 1 heterocycles. The zero-order valence-corrected chi connectivity index (χ0v) is 10.7. The van der Waals surface area contributed by atoms with Crippen LogP contribution in [0.25, 0.3) is 11.3 Å². The van der Waals surface area contributed by atoms with E-state index in [1.165, 1.54) is 6.39 Å². The normalized spacial score (nSPS) is 10.8. The molecule has 0 spiro atoms. The highest BCUT2D eigenvalue weighted by molar-refractivity contribution is 6.31. The minimum Gasteiger partial charge on any atom is -0.443 e. The van der Waals surface area contributed by atoms with Gasteiger partial charge in [-0.05, 0) is 25.1 Å². The molecule has 17 heavy (non-hydrogen) atoms. The molecule has 1 aromatic heterocycles. The van der Waals surface area contributed by atoms with Crippen LogP contribution in [0.1, 0.15) is 18.2 Å². The van der Waals surface area contributed by atoms with Crippen molar-refractivity contribution >= 4 is 11.6 Å². The standard InChI is InChI=1S/C13H15ClN2O/c1-3-15-7-12-13(17-8-16-12)10-5-4-9(2)11(14)6-10/h4-6,8,15H,3,7H2,1-2H3. The van der Waals surface area contributed by atoms with Crippen molar-refractivity contribution in [3.63, 3.8) is 0 Å². The quantitative estimate of drug-likeness (QED) is 0.904. The summed E-state index contributed by atoms with van der Waals surface area (Å²) in [6, 6.07) is 5.89. The van der Waals surface area contributed by atoms with Crippen LogP contribution in [0.2, 0.25) is 5.02 Å². The second-order valence-electron chi connectivity index (χ2n) is 3.87. The van der Waals surface area contributed by atoms with Crippen LogP contribution < -0.4 is 5.32 Å². The third-order valence-corrected chi connectivity index (χ3v) is 3.02. The number of aromatic nitrogens is 1. The van der Waals surface area contributed by atoms with E-state index in [4.69, 9.17) is 16.0 Å². The molecule has 2 rings (SSSR count). The highest BCUT2D eigenvalue weighted by Crippen LogP contribution is 2.27. The van der Waals surface area contributed by atoms with Crippen LogP contribution in [-0.4, -0.2) is 11.5 Å². The van der Waals surface area contributed by atoms with E-state index in [2.05, 4.69) is 17.2 Å². The van der Waals surface area contributed by atoms with E-state index in [0.717, 1.165) is 34.1 Å². The summed E-state index contributed by atoms with van der Waals surface area (Å²) in [5.41, 5.74) is 2.93. The molecule has 90 valence electrons. The predicted molar refractivity (Wildman–Crippen MR) is 69.1 cm³/mol. The van der Waals surface area contributed by atoms with Gasteiger partial charge in [0, 0.05) is 17.1 Å². The molecule has 1 N–H and O–H groups in total. The Bertz CT molecular complexity index is 508. The summed E-state index contributed by atoms with van der Waals surface area (Å²) >= 11 is 6.11. The molecule has 0 fully saturated rings. The molecule has 0 atom stereocenters. The Morgan fingerprint density at radius 2 is 2.24 bits per heavy atom. The molecular weight excluding hydrogens is 236 g/mol. The number of aryl methyl sites for hydroxylation is 1. The molecule has 4 heteroatoms. The maximum Gasteiger partial charge on any atom is 0.181 e. The van der Waals surface area contributed by atoms with Gasteiger partial charge >= 0.3 is 0 Å². The molecule has 2 aromatic rings. The van der Waals surface area contributed by atoms with Gasteiger partial charge in [0.05, 0.1) is 0 Å². The van der Waals surface area contributed by atoms with Gasteiger partial charge in [0.15, 0.2) is 12.2 Å². The first-order valence-electron chi connectivity index (χ1n) is 5.62. The van der Waals surface area contributed by atoms with Gasteiger partial charge in [-0.25, -0.2) is 4.98 Å². The smallest absolute Gasteiger partial charge is 0.181 e. The van der Waals surface area contributed by atoms with Crippen molar-refractivity contribution in [3.05, 3.63) is 40.9 Å². The van der Waals surface area contributed by atoms with E-state index in [-0.39, 0.29) is 0 Å². The highest BCUT2D eigenvalue weighted by Gasteiger charge is 2.11. The molecule has 0 bridgehead atoms. The first-order chi connectivity index (χ1) is 8.22. The summed E-state index contributed by atoms with van der Waals surface area (Å²) in [6.45, 7) is 5.64. The van der Waals surface area contributed by atoms with Crippen molar-refractivity contribution in [2.45, 2.75) is 20.4 Å². The Morgan fingerprint density at radius 3 is 2.94 bits per heavy atom. The van der Waals surface area contributed by atoms with Crippen molar-refractivity contribution in [2.75, 3.05) is 6.54 Å². The fourth-order valence-corrected chi connectivity index (χ4v) is 1.79. The lowest BCUT2D eigenvalue weighted by Crippen LogP contribution is -2.12. The van der Waals surface area contributed by atoms with Crippen LogP contribution in [-0.2, 0) is 6.54 Å². The second-order valence-corrected chi connectivity index (χ2v) is 4.28. The number of oxazole rings is 1. The molecule has 0 aliphatic rings. The van der Waals surface area contributed by atoms with E-state index >= 15 is 0 Å². The first-order valence-corrected chi connectivity index (χ1v) is 5.99. The molecule has 0 aliphatic heterocycles. The van der Waals surface area contributed by atoms with Gasteiger partial charge in [0.25, 0.3) is 0 Å². The van der Waals surface area contributed by atoms with Crippen molar-refractivity contribution in [2.24, 2.45) is 0 Å². The van der Waals surface area contributed by atoms with Crippen LogP contribution in [0.5, 0.6) is 0 Å². The fourth-order valence-electron chi connectivity index (χ4n) is 1.61. The lowest BCUT2D eigenvalue weighted by Gasteiger charge is -2.04. The van der Waals surface area contributed by atoms with Crippen LogP contribution in [0.15, 0.2) is 29.0 Å². The Labute approximate surface area is 106 Å². The van der Waals surface area contributed by atoms with Crippen molar-refractivity contribution < 1.29 is 4.42 Å². The summed E-state index contributed by atoms with van der Waals surface area (Å²) < 4.78 is 5.43. The molecule has 0 amide bonds. The van der Waals surface area contributed by atoms with Gasteiger partial charge in [-0.15, -0.1) is 0 Å². The van der Waals surface area contributed by atoms with Crippen molar-refractivity contribution in [1.82, 2.24) is 10.3 Å². The second kappa shape index (κ2) is 5.34. The number of halogens is 1. The Morgan fingerprint density at radius 1 is 1.41 bits per heavy atom. The van der Waals surface area contributed by atoms with Crippen molar-refractivity contribution in [1.29, 1.82) is 0 Å².